The lowest BCUT2D eigenvalue weighted by Crippen LogP contribution is -2.11. The molecule has 2 aromatic heterocycles. The number of hydrogen-bond acceptors (Lipinski definition) is 5. The molecule has 0 atom stereocenters. The van der Waals surface area contributed by atoms with Crippen molar-refractivity contribution in [3.8, 4) is 11.3 Å². The van der Waals surface area contributed by atoms with Crippen LogP contribution in [-0.2, 0) is 5.41 Å². The predicted molar refractivity (Wildman–Crippen MR) is 126 cm³/mol. The van der Waals surface area contributed by atoms with Gasteiger partial charge >= 0.3 is 0 Å². The zero-order chi connectivity index (χ0) is 22.2. The summed E-state index contributed by atoms with van der Waals surface area (Å²) in [5.41, 5.74) is 9.13. The van der Waals surface area contributed by atoms with Gasteiger partial charge in [-0.15, -0.1) is 0 Å². The smallest absolute Gasteiger partial charge is 0.243 e. The number of nitrogens with zero attached hydrogens (tertiary/aromatic N) is 3. The Labute approximate surface area is 182 Å². The summed E-state index contributed by atoms with van der Waals surface area (Å²) in [6, 6.07) is 18.5. The predicted octanol–water partition coefficient (Wildman–Crippen LogP) is 6.04. The van der Waals surface area contributed by atoms with Crippen LogP contribution in [0.1, 0.15) is 43.3 Å². The summed E-state index contributed by atoms with van der Waals surface area (Å²) in [6.45, 7) is 12.6. The second-order valence-corrected chi connectivity index (χ2v) is 9.02. The van der Waals surface area contributed by atoms with E-state index in [0.717, 1.165) is 44.6 Å². The standard InChI is InChI=1S/C26H28N4O/c1-16-7-12-21-22(29-30-25-27-17(2)14-18(3)28-25)15-23(31-24(21)13-16)19-8-10-20(11-9-19)26(4,5)6/h7-15H,1-6H3,(H,27,28,30)/b29-22+. The Bertz CT molecular complexity index is 1290. The van der Waals surface area contributed by atoms with Gasteiger partial charge in [0.25, 0.3) is 0 Å². The van der Waals surface area contributed by atoms with Crippen LogP contribution in [0.2, 0.25) is 0 Å². The van der Waals surface area contributed by atoms with E-state index in [1.165, 1.54) is 5.56 Å². The van der Waals surface area contributed by atoms with Gasteiger partial charge in [-0.3, -0.25) is 0 Å². The monoisotopic (exact) mass is 412 g/mol. The van der Waals surface area contributed by atoms with Gasteiger partial charge in [-0.05, 0) is 55.5 Å². The van der Waals surface area contributed by atoms with Crippen LogP contribution in [0.15, 0.2) is 64.1 Å². The molecule has 5 heteroatoms. The molecular formula is C26H28N4O. The number of anilines is 1. The van der Waals surface area contributed by atoms with Gasteiger partial charge in [-0.1, -0.05) is 51.1 Å². The molecule has 2 heterocycles. The lowest BCUT2D eigenvalue weighted by Gasteiger charge is -2.19. The highest BCUT2D eigenvalue weighted by Crippen LogP contribution is 2.27. The van der Waals surface area contributed by atoms with E-state index < -0.39 is 0 Å². The molecule has 4 aromatic rings. The van der Waals surface area contributed by atoms with Crippen LogP contribution < -0.4 is 10.8 Å². The average Bonchev–Trinajstić information content (AvgIpc) is 2.70. The van der Waals surface area contributed by atoms with Crippen molar-refractivity contribution >= 4 is 16.9 Å². The Morgan fingerprint density at radius 3 is 2.16 bits per heavy atom. The highest BCUT2D eigenvalue weighted by atomic mass is 16.3. The van der Waals surface area contributed by atoms with Crippen LogP contribution in [-0.4, -0.2) is 9.97 Å². The molecule has 4 rings (SSSR count). The first kappa shape index (κ1) is 20.8. The van der Waals surface area contributed by atoms with Crippen molar-refractivity contribution in [2.24, 2.45) is 5.10 Å². The van der Waals surface area contributed by atoms with Gasteiger partial charge in [0, 0.05) is 28.4 Å². The minimum Gasteiger partial charge on any atom is -0.456 e. The number of benzene rings is 2. The Balaban J connectivity index is 1.82. The number of aromatic nitrogens is 2. The third-order valence-corrected chi connectivity index (χ3v) is 5.19. The normalized spacial score (nSPS) is 12.4. The van der Waals surface area contributed by atoms with Crippen LogP contribution >= 0.6 is 0 Å². The fraction of sp³-hybridized carbons (Fsp3) is 0.269. The van der Waals surface area contributed by atoms with Crippen LogP contribution in [0, 0.1) is 20.8 Å². The Morgan fingerprint density at radius 2 is 1.52 bits per heavy atom. The van der Waals surface area contributed by atoms with Crippen molar-refractivity contribution in [2.45, 2.75) is 47.0 Å². The summed E-state index contributed by atoms with van der Waals surface area (Å²) in [6.07, 6.45) is 0. The topological polar surface area (TPSA) is 63.3 Å². The van der Waals surface area contributed by atoms with Crippen molar-refractivity contribution in [3.63, 3.8) is 0 Å². The van der Waals surface area contributed by atoms with E-state index in [1.807, 2.05) is 38.1 Å². The maximum absolute atomic E-state index is 6.27. The van der Waals surface area contributed by atoms with Gasteiger partial charge in [-0.2, -0.15) is 5.10 Å². The zero-order valence-electron chi connectivity index (χ0n) is 18.9. The SMILES string of the molecule is Cc1ccc2/c(=N/Nc3nc(C)cc(C)n3)cc(-c3ccc(C(C)(C)C)cc3)oc2c1. The first-order valence-electron chi connectivity index (χ1n) is 10.5. The summed E-state index contributed by atoms with van der Waals surface area (Å²) in [5.74, 6) is 1.25. The van der Waals surface area contributed by atoms with Crippen LogP contribution in [0.5, 0.6) is 0 Å². The number of rotatable bonds is 3. The van der Waals surface area contributed by atoms with E-state index in [9.17, 15) is 0 Å². The van der Waals surface area contributed by atoms with E-state index in [1.54, 1.807) is 0 Å². The third kappa shape index (κ3) is 4.66. The van der Waals surface area contributed by atoms with E-state index >= 15 is 0 Å². The van der Waals surface area contributed by atoms with Gasteiger partial charge in [0.1, 0.15) is 11.3 Å². The molecule has 158 valence electrons. The summed E-state index contributed by atoms with van der Waals surface area (Å²) in [7, 11) is 0. The highest BCUT2D eigenvalue weighted by Gasteiger charge is 2.14. The van der Waals surface area contributed by atoms with E-state index in [2.05, 4.69) is 78.5 Å². The van der Waals surface area contributed by atoms with Crippen LogP contribution in [0.4, 0.5) is 5.95 Å². The molecule has 31 heavy (non-hydrogen) atoms. The molecular weight excluding hydrogens is 384 g/mol. The molecule has 2 aromatic carbocycles. The maximum atomic E-state index is 6.27. The molecule has 0 aliphatic heterocycles. The second kappa shape index (κ2) is 7.99. The van der Waals surface area contributed by atoms with Crippen molar-refractivity contribution < 1.29 is 4.42 Å². The summed E-state index contributed by atoms with van der Waals surface area (Å²) < 4.78 is 6.27. The maximum Gasteiger partial charge on any atom is 0.243 e. The molecule has 5 nitrogen and oxygen atoms in total. The van der Waals surface area contributed by atoms with Crippen molar-refractivity contribution in [1.82, 2.24) is 9.97 Å². The van der Waals surface area contributed by atoms with Crippen molar-refractivity contribution in [2.75, 3.05) is 5.43 Å². The number of nitrogens with one attached hydrogen (secondary N) is 1. The summed E-state index contributed by atoms with van der Waals surface area (Å²) >= 11 is 0. The second-order valence-electron chi connectivity index (χ2n) is 9.02. The van der Waals surface area contributed by atoms with E-state index in [0.29, 0.717) is 5.95 Å². The molecule has 0 amide bonds. The van der Waals surface area contributed by atoms with Gasteiger partial charge in [-0.25, -0.2) is 15.4 Å². The Morgan fingerprint density at radius 1 is 0.839 bits per heavy atom. The van der Waals surface area contributed by atoms with Crippen LogP contribution in [0.25, 0.3) is 22.3 Å². The first-order chi connectivity index (χ1) is 14.7. The lowest BCUT2D eigenvalue weighted by atomic mass is 9.86. The van der Waals surface area contributed by atoms with E-state index in [4.69, 9.17) is 4.42 Å². The lowest BCUT2D eigenvalue weighted by molar-refractivity contribution is 0.589. The zero-order valence-corrected chi connectivity index (χ0v) is 18.9. The molecule has 0 unspecified atom stereocenters. The van der Waals surface area contributed by atoms with Crippen molar-refractivity contribution in [3.05, 3.63) is 82.5 Å². The quantitative estimate of drug-likeness (QED) is 0.417. The Kier molecular flexibility index (Phi) is 5.36. The third-order valence-electron chi connectivity index (χ3n) is 5.19. The molecule has 0 fully saturated rings. The summed E-state index contributed by atoms with van der Waals surface area (Å²) in [4.78, 5) is 8.83. The molecule has 0 spiro atoms. The minimum absolute atomic E-state index is 0.104. The van der Waals surface area contributed by atoms with Gasteiger partial charge in [0.15, 0.2) is 0 Å². The first-order valence-corrected chi connectivity index (χ1v) is 10.5. The van der Waals surface area contributed by atoms with Crippen molar-refractivity contribution in [1.29, 1.82) is 0 Å². The molecule has 0 saturated carbocycles. The fourth-order valence-electron chi connectivity index (χ4n) is 3.53. The van der Waals surface area contributed by atoms with Crippen LogP contribution in [0.3, 0.4) is 0 Å². The number of hydrogen-bond donors (Lipinski definition) is 1. The average molecular weight is 413 g/mol. The molecule has 0 aliphatic carbocycles. The minimum atomic E-state index is 0.104. The number of fused-ring (bicyclic) bond motifs is 1. The molecule has 0 bridgehead atoms. The highest BCUT2D eigenvalue weighted by molar-refractivity contribution is 5.79. The van der Waals surface area contributed by atoms with Gasteiger partial charge in [0.2, 0.25) is 5.95 Å². The molecule has 1 N–H and O–H groups in total. The van der Waals surface area contributed by atoms with Gasteiger partial charge in [0.05, 0.1) is 5.36 Å². The largest absolute Gasteiger partial charge is 0.456 e. The molecule has 0 saturated heterocycles. The van der Waals surface area contributed by atoms with E-state index in [-0.39, 0.29) is 5.41 Å². The van der Waals surface area contributed by atoms with Gasteiger partial charge < -0.3 is 4.42 Å². The Hall–Kier alpha value is -3.47. The number of aryl methyl sites for hydroxylation is 3. The molecule has 0 radical (unpaired) electrons. The molecule has 0 aliphatic rings. The summed E-state index contributed by atoms with van der Waals surface area (Å²) in [5, 5.41) is 6.33. The fourth-order valence-corrected chi connectivity index (χ4v) is 3.53.